The first kappa shape index (κ1) is 11.6. The number of nitriles is 1. The fraction of sp³-hybridized carbons (Fsp3) is 0.0769. The monoisotopic (exact) mass is 287 g/mol. The molecule has 0 spiro atoms. The lowest BCUT2D eigenvalue weighted by atomic mass is 10.2. The molecule has 0 aliphatic heterocycles. The number of nitrogens with zero attached hydrogens (tertiary/aromatic N) is 2. The minimum absolute atomic E-state index is 0.419. The van der Waals surface area contributed by atoms with Gasteiger partial charge in [0.05, 0.1) is 11.9 Å². The molecule has 0 amide bonds. The highest BCUT2D eigenvalue weighted by Crippen LogP contribution is 2.22. The van der Waals surface area contributed by atoms with Crippen LogP contribution in [-0.4, -0.2) is 4.98 Å². The van der Waals surface area contributed by atoms with Gasteiger partial charge in [-0.3, -0.25) is 0 Å². The molecular formula is C13H10BrN3. The molecule has 0 saturated carbocycles. The van der Waals surface area contributed by atoms with Gasteiger partial charge >= 0.3 is 0 Å². The molecule has 1 aromatic carbocycles. The van der Waals surface area contributed by atoms with Crippen LogP contribution in [0.5, 0.6) is 0 Å². The van der Waals surface area contributed by atoms with E-state index in [0.29, 0.717) is 5.69 Å². The third kappa shape index (κ3) is 2.83. The summed E-state index contributed by atoms with van der Waals surface area (Å²) >= 11 is 3.46. The molecule has 0 aliphatic carbocycles. The maximum absolute atomic E-state index is 8.65. The molecule has 0 radical (unpaired) electrons. The van der Waals surface area contributed by atoms with Crippen molar-refractivity contribution in [3.63, 3.8) is 0 Å². The van der Waals surface area contributed by atoms with E-state index in [1.807, 2.05) is 37.3 Å². The highest BCUT2D eigenvalue weighted by molar-refractivity contribution is 9.10. The normalized spacial score (nSPS) is 9.71. The molecule has 0 atom stereocenters. The number of rotatable bonds is 2. The van der Waals surface area contributed by atoms with Gasteiger partial charge in [-0.2, -0.15) is 5.26 Å². The largest absolute Gasteiger partial charge is 0.354 e. The van der Waals surface area contributed by atoms with Crippen molar-refractivity contribution in [3.8, 4) is 6.07 Å². The number of aromatic nitrogens is 1. The molecule has 0 unspecified atom stereocenters. The molecule has 84 valence electrons. The lowest BCUT2D eigenvalue weighted by Gasteiger charge is -2.07. The van der Waals surface area contributed by atoms with Gasteiger partial charge in [0.25, 0.3) is 0 Å². The standard InChI is InChI=1S/C13H10BrN3/c1-9-6-10(4-5-13(9)14)17-12-3-2-11(7-15)16-8-12/h2-6,8,17H,1H3. The smallest absolute Gasteiger partial charge is 0.140 e. The Kier molecular flexibility index (Phi) is 3.40. The summed E-state index contributed by atoms with van der Waals surface area (Å²) in [6.07, 6.45) is 1.65. The van der Waals surface area contributed by atoms with Crippen LogP contribution >= 0.6 is 15.9 Å². The Labute approximate surface area is 108 Å². The minimum atomic E-state index is 0.419. The second-order valence-electron chi connectivity index (χ2n) is 3.63. The summed E-state index contributed by atoms with van der Waals surface area (Å²) in [5, 5.41) is 11.9. The number of benzene rings is 1. The van der Waals surface area contributed by atoms with Gasteiger partial charge in [-0.05, 0) is 42.8 Å². The van der Waals surface area contributed by atoms with E-state index in [1.165, 1.54) is 0 Å². The maximum Gasteiger partial charge on any atom is 0.140 e. The first-order valence-corrected chi connectivity index (χ1v) is 5.87. The molecule has 2 aromatic rings. The predicted octanol–water partition coefficient (Wildman–Crippen LogP) is 3.77. The van der Waals surface area contributed by atoms with E-state index in [-0.39, 0.29) is 0 Å². The van der Waals surface area contributed by atoms with E-state index >= 15 is 0 Å². The van der Waals surface area contributed by atoms with E-state index in [2.05, 4.69) is 26.2 Å². The number of hydrogen-bond acceptors (Lipinski definition) is 3. The van der Waals surface area contributed by atoms with Crippen LogP contribution in [0.3, 0.4) is 0 Å². The third-order valence-corrected chi connectivity index (χ3v) is 3.21. The van der Waals surface area contributed by atoms with E-state index < -0.39 is 0 Å². The molecular weight excluding hydrogens is 278 g/mol. The topological polar surface area (TPSA) is 48.7 Å². The molecule has 0 bridgehead atoms. The molecule has 0 aliphatic rings. The highest BCUT2D eigenvalue weighted by Gasteiger charge is 1.99. The van der Waals surface area contributed by atoms with Crippen molar-refractivity contribution >= 4 is 27.3 Å². The molecule has 1 heterocycles. The summed E-state index contributed by atoms with van der Waals surface area (Å²) in [7, 11) is 0. The summed E-state index contributed by atoms with van der Waals surface area (Å²) in [6.45, 7) is 2.03. The molecule has 2 rings (SSSR count). The van der Waals surface area contributed by atoms with Crippen molar-refractivity contribution in [3.05, 3.63) is 52.3 Å². The van der Waals surface area contributed by atoms with Gasteiger partial charge in [-0.1, -0.05) is 15.9 Å². The van der Waals surface area contributed by atoms with Crippen molar-refractivity contribution < 1.29 is 0 Å². The van der Waals surface area contributed by atoms with Crippen LogP contribution in [-0.2, 0) is 0 Å². The number of aryl methyl sites for hydroxylation is 1. The van der Waals surface area contributed by atoms with Gasteiger partial charge in [0.2, 0.25) is 0 Å². The lowest BCUT2D eigenvalue weighted by molar-refractivity contribution is 1.26. The lowest BCUT2D eigenvalue weighted by Crippen LogP contribution is -1.92. The number of nitrogens with one attached hydrogen (secondary N) is 1. The van der Waals surface area contributed by atoms with Crippen molar-refractivity contribution in [1.82, 2.24) is 4.98 Å². The second kappa shape index (κ2) is 4.98. The maximum atomic E-state index is 8.65. The van der Waals surface area contributed by atoms with E-state index in [9.17, 15) is 0 Å². The molecule has 1 aromatic heterocycles. The first-order valence-electron chi connectivity index (χ1n) is 5.08. The quantitative estimate of drug-likeness (QED) is 0.915. The number of pyridine rings is 1. The van der Waals surface area contributed by atoms with E-state index in [0.717, 1.165) is 21.4 Å². The SMILES string of the molecule is Cc1cc(Nc2ccc(C#N)nc2)ccc1Br. The molecule has 0 saturated heterocycles. The first-order chi connectivity index (χ1) is 8.19. The fourth-order valence-corrected chi connectivity index (χ4v) is 1.67. The van der Waals surface area contributed by atoms with Crippen LogP contribution in [0, 0.1) is 18.3 Å². The zero-order valence-corrected chi connectivity index (χ0v) is 10.8. The van der Waals surface area contributed by atoms with Crippen molar-refractivity contribution in [2.75, 3.05) is 5.32 Å². The van der Waals surface area contributed by atoms with Crippen LogP contribution in [0.15, 0.2) is 41.0 Å². The Morgan fingerprint density at radius 3 is 2.59 bits per heavy atom. The Morgan fingerprint density at radius 2 is 2.00 bits per heavy atom. The van der Waals surface area contributed by atoms with Gasteiger partial charge < -0.3 is 5.32 Å². The number of hydrogen-bond donors (Lipinski definition) is 1. The summed E-state index contributed by atoms with van der Waals surface area (Å²) in [5.74, 6) is 0. The van der Waals surface area contributed by atoms with Gasteiger partial charge in [-0.15, -0.1) is 0 Å². The third-order valence-electron chi connectivity index (χ3n) is 2.32. The minimum Gasteiger partial charge on any atom is -0.354 e. The second-order valence-corrected chi connectivity index (χ2v) is 4.49. The molecule has 1 N–H and O–H groups in total. The van der Waals surface area contributed by atoms with Gasteiger partial charge in [-0.25, -0.2) is 4.98 Å². The number of anilines is 2. The molecule has 17 heavy (non-hydrogen) atoms. The summed E-state index contributed by atoms with van der Waals surface area (Å²) in [4.78, 5) is 4.00. The van der Waals surface area contributed by atoms with Crippen molar-refractivity contribution in [2.45, 2.75) is 6.92 Å². The summed E-state index contributed by atoms with van der Waals surface area (Å²) < 4.78 is 1.08. The van der Waals surface area contributed by atoms with Gasteiger partial charge in [0.15, 0.2) is 0 Å². The summed E-state index contributed by atoms with van der Waals surface area (Å²) in [5.41, 5.74) is 3.45. The number of halogens is 1. The zero-order chi connectivity index (χ0) is 12.3. The van der Waals surface area contributed by atoms with E-state index in [1.54, 1.807) is 12.3 Å². The molecule has 4 heteroatoms. The van der Waals surface area contributed by atoms with Crippen molar-refractivity contribution in [1.29, 1.82) is 5.26 Å². The van der Waals surface area contributed by atoms with Crippen LogP contribution in [0.25, 0.3) is 0 Å². The highest BCUT2D eigenvalue weighted by atomic mass is 79.9. The average molecular weight is 288 g/mol. The van der Waals surface area contributed by atoms with Crippen LogP contribution in [0.4, 0.5) is 11.4 Å². The van der Waals surface area contributed by atoms with Crippen LogP contribution < -0.4 is 5.32 Å². The Balaban J connectivity index is 2.20. The molecule has 0 fully saturated rings. The predicted molar refractivity (Wildman–Crippen MR) is 71.1 cm³/mol. The fourth-order valence-electron chi connectivity index (χ4n) is 1.42. The summed E-state index contributed by atoms with van der Waals surface area (Å²) in [6, 6.07) is 11.5. The van der Waals surface area contributed by atoms with Gasteiger partial charge in [0.1, 0.15) is 11.8 Å². The zero-order valence-electron chi connectivity index (χ0n) is 9.24. The Morgan fingerprint density at radius 1 is 1.24 bits per heavy atom. The van der Waals surface area contributed by atoms with Gasteiger partial charge in [0, 0.05) is 10.2 Å². The molecule has 3 nitrogen and oxygen atoms in total. The Bertz CT molecular complexity index is 570. The van der Waals surface area contributed by atoms with Crippen molar-refractivity contribution in [2.24, 2.45) is 0 Å². The van der Waals surface area contributed by atoms with Crippen LogP contribution in [0.2, 0.25) is 0 Å². The van der Waals surface area contributed by atoms with Crippen LogP contribution in [0.1, 0.15) is 11.3 Å². The average Bonchev–Trinajstić information content (AvgIpc) is 2.35. The Hall–Kier alpha value is -1.86. The van der Waals surface area contributed by atoms with E-state index in [4.69, 9.17) is 5.26 Å².